The monoisotopic (exact) mass is 307 g/mol. The summed E-state index contributed by atoms with van der Waals surface area (Å²) in [5, 5.41) is 13.0. The minimum Gasteiger partial charge on any atom is -0.507 e. The van der Waals surface area contributed by atoms with Gasteiger partial charge in [-0.1, -0.05) is 29.8 Å². The van der Waals surface area contributed by atoms with Crippen LogP contribution in [0.1, 0.15) is 5.56 Å². The van der Waals surface area contributed by atoms with Crippen LogP contribution in [0.3, 0.4) is 0 Å². The lowest BCUT2D eigenvalue weighted by atomic mass is 10.2. The Morgan fingerprint density at radius 2 is 2.05 bits per heavy atom. The molecule has 2 N–H and O–H groups in total. The Morgan fingerprint density at radius 3 is 2.80 bits per heavy atom. The van der Waals surface area contributed by atoms with Gasteiger partial charge in [0.1, 0.15) is 5.75 Å². The number of thioether (sulfide) groups is 1. The van der Waals surface area contributed by atoms with E-state index >= 15 is 0 Å². The molecule has 2 aromatic carbocycles. The van der Waals surface area contributed by atoms with Crippen molar-refractivity contribution in [2.45, 2.75) is 11.8 Å². The van der Waals surface area contributed by atoms with E-state index in [0.29, 0.717) is 15.6 Å². The quantitative estimate of drug-likeness (QED) is 0.837. The van der Waals surface area contributed by atoms with E-state index in [2.05, 4.69) is 5.32 Å². The molecule has 0 spiro atoms. The number of nitrogens with one attached hydrogen (secondary N) is 1. The van der Waals surface area contributed by atoms with Crippen LogP contribution in [-0.4, -0.2) is 16.8 Å². The summed E-state index contributed by atoms with van der Waals surface area (Å²) in [6.07, 6.45) is 0. The average molecular weight is 308 g/mol. The normalized spacial score (nSPS) is 10.3. The molecule has 2 rings (SSSR count). The highest BCUT2D eigenvalue weighted by Crippen LogP contribution is 2.28. The van der Waals surface area contributed by atoms with Crippen LogP contribution < -0.4 is 5.32 Å². The van der Waals surface area contributed by atoms with Crippen LogP contribution in [0.2, 0.25) is 5.02 Å². The summed E-state index contributed by atoms with van der Waals surface area (Å²) >= 11 is 7.19. The van der Waals surface area contributed by atoms with Crippen LogP contribution in [0.15, 0.2) is 47.4 Å². The first-order valence-electron chi connectivity index (χ1n) is 6.03. The van der Waals surface area contributed by atoms with E-state index in [0.717, 1.165) is 5.56 Å². The van der Waals surface area contributed by atoms with Gasteiger partial charge < -0.3 is 10.4 Å². The first kappa shape index (κ1) is 14.8. The van der Waals surface area contributed by atoms with Crippen LogP contribution in [0.4, 0.5) is 5.69 Å². The fourth-order valence-corrected chi connectivity index (χ4v) is 2.56. The first-order valence-corrected chi connectivity index (χ1v) is 7.39. The Morgan fingerprint density at radius 1 is 1.30 bits per heavy atom. The average Bonchev–Trinajstić information content (AvgIpc) is 2.42. The molecule has 1 amide bonds. The Bertz CT molecular complexity index is 631. The van der Waals surface area contributed by atoms with Crippen molar-refractivity contribution in [1.82, 2.24) is 0 Å². The number of benzene rings is 2. The van der Waals surface area contributed by atoms with Gasteiger partial charge in [0.25, 0.3) is 0 Å². The second kappa shape index (κ2) is 6.68. The van der Waals surface area contributed by atoms with E-state index < -0.39 is 0 Å². The molecule has 0 aliphatic carbocycles. The van der Waals surface area contributed by atoms with E-state index in [9.17, 15) is 9.90 Å². The van der Waals surface area contributed by atoms with Crippen molar-refractivity contribution in [2.75, 3.05) is 11.1 Å². The maximum Gasteiger partial charge on any atom is 0.234 e. The molecule has 0 heterocycles. The van der Waals surface area contributed by atoms with Crippen LogP contribution in [-0.2, 0) is 4.79 Å². The summed E-state index contributed by atoms with van der Waals surface area (Å²) in [6.45, 7) is 1.90. The summed E-state index contributed by atoms with van der Waals surface area (Å²) in [6, 6.07) is 12.3. The standard InChI is InChI=1S/C15H14ClNO2S/c1-10-6-7-11(16)8-12(10)17-15(19)9-20-14-5-3-2-4-13(14)18/h2-8,18H,9H2,1H3,(H,17,19). The van der Waals surface area contributed by atoms with Crippen molar-refractivity contribution in [3.63, 3.8) is 0 Å². The molecule has 20 heavy (non-hydrogen) atoms. The Hall–Kier alpha value is -1.65. The van der Waals surface area contributed by atoms with Crippen molar-refractivity contribution in [3.8, 4) is 5.75 Å². The Kier molecular flexibility index (Phi) is 4.93. The van der Waals surface area contributed by atoms with Gasteiger partial charge >= 0.3 is 0 Å². The highest BCUT2D eigenvalue weighted by molar-refractivity contribution is 8.00. The molecular weight excluding hydrogens is 294 g/mol. The molecule has 0 fully saturated rings. The lowest BCUT2D eigenvalue weighted by molar-refractivity contribution is -0.113. The van der Waals surface area contributed by atoms with Crippen molar-refractivity contribution in [1.29, 1.82) is 0 Å². The van der Waals surface area contributed by atoms with Crippen molar-refractivity contribution in [2.24, 2.45) is 0 Å². The molecule has 0 atom stereocenters. The van der Waals surface area contributed by atoms with Gasteiger partial charge in [0, 0.05) is 15.6 Å². The van der Waals surface area contributed by atoms with E-state index in [-0.39, 0.29) is 17.4 Å². The number of aryl methyl sites for hydroxylation is 1. The number of phenolic OH excluding ortho intramolecular Hbond substituents is 1. The van der Waals surface area contributed by atoms with Gasteiger partial charge in [0.2, 0.25) is 5.91 Å². The topological polar surface area (TPSA) is 49.3 Å². The summed E-state index contributed by atoms with van der Waals surface area (Å²) in [7, 11) is 0. The molecular formula is C15H14ClNO2S. The van der Waals surface area contributed by atoms with E-state index in [1.807, 2.05) is 19.1 Å². The zero-order valence-corrected chi connectivity index (χ0v) is 12.5. The number of phenols is 1. The zero-order chi connectivity index (χ0) is 14.5. The van der Waals surface area contributed by atoms with Crippen LogP contribution >= 0.6 is 23.4 Å². The number of hydrogen-bond acceptors (Lipinski definition) is 3. The SMILES string of the molecule is Cc1ccc(Cl)cc1NC(=O)CSc1ccccc1O. The number of aromatic hydroxyl groups is 1. The number of halogens is 1. The highest BCUT2D eigenvalue weighted by Gasteiger charge is 2.08. The number of rotatable bonds is 4. The molecule has 0 saturated carbocycles. The van der Waals surface area contributed by atoms with Gasteiger partial charge in [-0.25, -0.2) is 0 Å². The summed E-state index contributed by atoms with van der Waals surface area (Å²) in [5.74, 6) is 0.275. The van der Waals surface area contributed by atoms with Gasteiger partial charge in [0.05, 0.1) is 5.75 Å². The smallest absolute Gasteiger partial charge is 0.234 e. The minimum absolute atomic E-state index is 0.136. The van der Waals surface area contributed by atoms with Gasteiger partial charge in [0.15, 0.2) is 0 Å². The van der Waals surface area contributed by atoms with Gasteiger partial charge in [-0.15, -0.1) is 11.8 Å². The van der Waals surface area contributed by atoms with Gasteiger partial charge in [-0.3, -0.25) is 4.79 Å². The largest absolute Gasteiger partial charge is 0.507 e. The van der Waals surface area contributed by atoms with Crippen molar-refractivity contribution < 1.29 is 9.90 Å². The third-order valence-electron chi connectivity index (χ3n) is 2.70. The third-order valence-corrected chi connectivity index (χ3v) is 4.00. The molecule has 2 aromatic rings. The molecule has 0 bridgehead atoms. The van der Waals surface area contributed by atoms with Gasteiger partial charge in [-0.05, 0) is 36.8 Å². The highest BCUT2D eigenvalue weighted by atomic mass is 35.5. The number of carbonyl (C=O) groups excluding carboxylic acids is 1. The molecule has 0 aromatic heterocycles. The molecule has 3 nitrogen and oxygen atoms in total. The number of para-hydroxylation sites is 1. The van der Waals surface area contributed by atoms with Gasteiger partial charge in [-0.2, -0.15) is 0 Å². The molecule has 0 radical (unpaired) electrons. The third kappa shape index (κ3) is 3.92. The fraction of sp³-hybridized carbons (Fsp3) is 0.133. The summed E-state index contributed by atoms with van der Waals surface area (Å²) < 4.78 is 0. The summed E-state index contributed by atoms with van der Waals surface area (Å²) in [5.41, 5.74) is 1.66. The molecule has 0 unspecified atom stereocenters. The zero-order valence-electron chi connectivity index (χ0n) is 10.9. The molecule has 0 aliphatic rings. The minimum atomic E-state index is -0.136. The number of hydrogen-bond donors (Lipinski definition) is 2. The summed E-state index contributed by atoms with van der Waals surface area (Å²) in [4.78, 5) is 12.6. The van der Waals surface area contributed by atoms with Crippen molar-refractivity contribution >= 4 is 35.0 Å². The Balaban J connectivity index is 1.96. The van der Waals surface area contributed by atoms with E-state index in [4.69, 9.17) is 11.6 Å². The second-order valence-corrected chi connectivity index (χ2v) is 5.72. The first-order chi connectivity index (χ1) is 9.56. The maximum atomic E-state index is 11.9. The number of amides is 1. The Labute approximate surface area is 127 Å². The second-order valence-electron chi connectivity index (χ2n) is 4.26. The lowest BCUT2D eigenvalue weighted by Gasteiger charge is -2.09. The van der Waals surface area contributed by atoms with Crippen LogP contribution in [0.25, 0.3) is 0 Å². The molecule has 104 valence electrons. The number of carbonyl (C=O) groups is 1. The lowest BCUT2D eigenvalue weighted by Crippen LogP contribution is -2.14. The maximum absolute atomic E-state index is 11.9. The molecule has 0 aliphatic heterocycles. The predicted octanol–water partition coefficient (Wildman–Crippen LogP) is 4.08. The van der Waals surface area contributed by atoms with E-state index in [1.165, 1.54) is 11.8 Å². The molecule has 5 heteroatoms. The number of anilines is 1. The molecule has 0 saturated heterocycles. The van der Waals surface area contributed by atoms with Crippen molar-refractivity contribution in [3.05, 3.63) is 53.1 Å². The predicted molar refractivity (Wildman–Crippen MR) is 83.6 cm³/mol. The van der Waals surface area contributed by atoms with E-state index in [1.54, 1.807) is 30.3 Å². The van der Waals surface area contributed by atoms with Crippen LogP contribution in [0, 0.1) is 6.92 Å². The van der Waals surface area contributed by atoms with Crippen LogP contribution in [0.5, 0.6) is 5.75 Å². The fourth-order valence-electron chi connectivity index (χ4n) is 1.64.